The highest BCUT2D eigenvalue weighted by atomic mass is 28.4. The van der Waals surface area contributed by atoms with Crippen molar-refractivity contribution < 1.29 is 8.85 Å². The van der Waals surface area contributed by atoms with Crippen molar-refractivity contribution in [1.82, 2.24) is 0 Å². The Bertz CT molecular complexity index is 498. The van der Waals surface area contributed by atoms with Crippen LogP contribution in [0.1, 0.15) is 6.92 Å². The zero-order chi connectivity index (χ0) is 12.3. The van der Waals surface area contributed by atoms with E-state index in [0.29, 0.717) is 0 Å². The fraction of sp³-hybridized carbons (Fsp3) is 0.286. The lowest BCUT2D eigenvalue weighted by molar-refractivity contribution is 0.259. The van der Waals surface area contributed by atoms with E-state index in [1.54, 1.807) is 14.2 Å². The summed E-state index contributed by atoms with van der Waals surface area (Å²) < 4.78 is 11.4. The van der Waals surface area contributed by atoms with E-state index in [1.807, 2.05) is 0 Å². The summed E-state index contributed by atoms with van der Waals surface area (Å²) in [5.41, 5.74) is 0. The van der Waals surface area contributed by atoms with E-state index in [4.69, 9.17) is 8.85 Å². The number of benzene rings is 2. The van der Waals surface area contributed by atoms with E-state index in [2.05, 4.69) is 49.4 Å². The van der Waals surface area contributed by atoms with Gasteiger partial charge in [-0.05, 0) is 22.0 Å². The van der Waals surface area contributed by atoms with E-state index >= 15 is 0 Å². The number of rotatable bonds is 4. The first-order chi connectivity index (χ1) is 8.25. The molecule has 90 valence electrons. The predicted octanol–water partition coefficient (Wildman–Crippen LogP) is 2.80. The van der Waals surface area contributed by atoms with Gasteiger partial charge in [0.15, 0.2) is 0 Å². The Morgan fingerprint density at radius 1 is 0.941 bits per heavy atom. The molecule has 0 fully saturated rings. The van der Waals surface area contributed by atoms with Crippen molar-refractivity contribution in [3.05, 3.63) is 42.5 Å². The molecule has 0 N–H and O–H groups in total. The summed E-state index contributed by atoms with van der Waals surface area (Å²) in [5, 5.41) is 3.69. The molecule has 0 bridgehead atoms. The first-order valence-electron chi connectivity index (χ1n) is 5.85. The molecule has 0 saturated carbocycles. The second-order valence-electron chi connectivity index (χ2n) is 4.08. The number of hydrogen-bond acceptors (Lipinski definition) is 2. The van der Waals surface area contributed by atoms with Gasteiger partial charge in [0, 0.05) is 14.2 Å². The van der Waals surface area contributed by atoms with Crippen LogP contribution in [-0.4, -0.2) is 22.8 Å². The van der Waals surface area contributed by atoms with Gasteiger partial charge in [0.05, 0.1) is 0 Å². The largest absolute Gasteiger partial charge is 0.394 e. The predicted molar refractivity (Wildman–Crippen MR) is 73.8 cm³/mol. The minimum Gasteiger partial charge on any atom is -0.394 e. The first-order valence-corrected chi connectivity index (χ1v) is 7.87. The van der Waals surface area contributed by atoms with Gasteiger partial charge in [-0.25, -0.2) is 0 Å². The molecule has 0 aromatic heterocycles. The number of fused-ring (bicyclic) bond motifs is 1. The SMILES string of the molecule is CC[Si](OC)(OC)c1ccc2ccccc2c1. The van der Waals surface area contributed by atoms with Crippen LogP contribution < -0.4 is 5.19 Å². The van der Waals surface area contributed by atoms with Crippen LogP contribution in [0.15, 0.2) is 42.5 Å². The minimum atomic E-state index is -2.21. The topological polar surface area (TPSA) is 18.5 Å². The second kappa shape index (κ2) is 5.00. The Labute approximate surface area is 103 Å². The van der Waals surface area contributed by atoms with Crippen molar-refractivity contribution in [2.24, 2.45) is 0 Å². The lowest BCUT2D eigenvalue weighted by Gasteiger charge is -2.26. The fourth-order valence-corrected chi connectivity index (χ4v) is 4.57. The third-order valence-corrected chi connectivity index (χ3v) is 6.75. The number of hydrogen-bond donors (Lipinski definition) is 0. The van der Waals surface area contributed by atoms with Crippen LogP contribution in [0.5, 0.6) is 0 Å². The summed E-state index contributed by atoms with van der Waals surface area (Å²) >= 11 is 0. The summed E-state index contributed by atoms with van der Waals surface area (Å²) in [5.74, 6) is 0. The van der Waals surface area contributed by atoms with Crippen molar-refractivity contribution in [2.75, 3.05) is 14.2 Å². The van der Waals surface area contributed by atoms with Gasteiger partial charge in [-0.15, -0.1) is 0 Å². The van der Waals surface area contributed by atoms with Gasteiger partial charge < -0.3 is 8.85 Å². The normalized spacial score (nSPS) is 11.9. The Kier molecular flexibility index (Phi) is 3.62. The Morgan fingerprint density at radius 3 is 2.18 bits per heavy atom. The summed E-state index contributed by atoms with van der Waals surface area (Å²) in [6.07, 6.45) is 0. The molecule has 2 aromatic rings. The standard InChI is InChI=1S/C14H18O2Si/c1-4-17(15-2,16-3)14-10-9-12-7-5-6-8-13(12)11-14/h5-11H,4H2,1-3H3. The van der Waals surface area contributed by atoms with E-state index in [1.165, 1.54) is 16.0 Å². The zero-order valence-corrected chi connectivity index (χ0v) is 11.6. The van der Waals surface area contributed by atoms with E-state index < -0.39 is 8.56 Å². The molecule has 0 saturated heterocycles. The van der Waals surface area contributed by atoms with Crippen LogP contribution in [0, 0.1) is 0 Å². The van der Waals surface area contributed by atoms with Crippen LogP contribution in [0.4, 0.5) is 0 Å². The van der Waals surface area contributed by atoms with Crippen molar-refractivity contribution >= 4 is 24.5 Å². The molecule has 3 heteroatoms. The van der Waals surface area contributed by atoms with Crippen LogP contribution in [0.2, 0.25) is 6.04 Å². The van der Waals surface area contributed by atoms with Crippen molar-refractivity contribution in [2.45, 2.75) is 13.0 Å². The third kappa shape index (κ3) is 2.14. The van der Waals surface area contributed by atoms with E-state index in [9.17, 15) is 0 Å². The Hall–Kier alpha value is -1.16. The Morgan fingerprint density at radius 2 is 1.59 bits per heavy atom. The molecule has 0 radical (unpaired) electrons. The van der Waals surface area contributed by atoms with Crippen molar-refractivity contribution in [3.63, 3.8) is 0 Å². The van der Waals surface area contributed by atoms with Gasteiger partial charge in [0.25, 0.3) is 0 Å². The highest BCUT2D eigenvalue weighted by Gasteiger charge is 2.35. The highest BCUT2D eigenvalue weighted by Crippen LogP contribution is 2.17. The summed E-state index contributed by atoms with van der Waals surface area (Å²) in [4.78, 5) is 0. The molecular formula is C14H18O2Si. The van der Waals surface area contributed by atoms with E-state index in [-0.39, 0.29) is 0 Å². The molecule has 0 aliphatic heterocycles. The fourth-order valence-electron chi connectivity index (χ4n) is 2.24. The monoisotopic (exact) mass is 246 g/mol. The first kappa shape index (κ1) is 12.3. The van der Waals surface area contributed by atoms with Crippen molar-refractivity contribution in [1.29, 1.82) is 0 Å². The molecule has 0 atom stereocenters. The summed E-state index contributed by atoms with van der Waals surface area (Å²) in [7, 11) is 1.28. The van der Waals surface area contributed by atoms with E-state index in [0.717, 1.165) is 6.04 Å². The quantitative estimate of drug-likeness (QED) is 0.772. The molecule has 0 aliphatic rings. The summed E-state index contributed by atoms with van der Waals surface area (Å²) in [6, 6.07) is 15.7. The smallest absolute Gasteiger partial charge is 0.371 e. The van der Waals surface area contributed by atoms with Crippen LogP contribution >= 0.6 is 0 Å². The minimum absolute atomic E-state index is 0.915. The van der Waals surface area contributed by atoms with Gasteiger partial charge in [0.1, 0.15) is 0 Å². The molecular weight excluding hydrogens is 228 g/mol. The maximum Gasteiger partial charge on any atom is 0.371 e. The van der Waals surface area contributed by atoms with Crippen LogP contribution in [-0.2, 0) is 8.85 Å². The van der Waals surface area contributed by atoms with Gasteiger partial charge in [-0.3, -0.25) is 0 Å². The third-order valence-electron chi connectivity index (χ3n) is 3.31. The van der Waals surface area contributed by atoms with Crippen molar-refractivity contribution in [3.8, 4) is 0 Å². The lowest BCUT2D eigenvalue weighted by Crippen LogP contribution is -2.51. The second-order valence-corrected chi connectivity index (χ2v) is 7.68. The maximum atomic E-state index is 5.69. The van der Waals surface area contributed by atoms with Gasteiger partial charge in [-0.2, -0.15) is 0 Å². The maximum absolute atomic E-state index is 5.69. The molecule has 0 unspecified atom stereocenters. The average Bonchev–Trinajstić information content (AvgIpc) is 2.41. The average molecular weight is 246 g/mol. The van der Waals surface area contributed by atoms with Gasteiger partial charge >= 0.3 is 8.56 Å². The lowest BCUT2D eigenvalue weighted by atomic mass is 10.1. The molecule has 0 heterocycles. The molecule has 0 aliphatic carbocycles. The molecule has 0 amide bonds. The highest BCUT2D eigenvalue weighted by molar-refractivity contribution is 6.81. The van der Waals surface area contributed by atoms with Crippen LogP contribution in [0.25, 0.3) is 10.8 Å². The molecule has 2 rings (SSSR count). The van der Waals surface area contributed by atoms with Gasteiger partial charge in [-0.1, -0.05) is 49.4 Å². The molecule has 2 aromatic carbocycles. The molecule has 2 nitrogen and oxygen atoms in total. The zero-order valence-electron chi connectivity index (χ0n) is 10.6. The molecule has 17 heavy (non-hydrogen) atoms. The van der Waals surface area contributed by atoms with Crippen LogP contribution in [0.3, 0.4) is 0 Å². The molecule has 0 spiro atoms. The Balaban J connectivity index is 2.55. The summed E-state index contributed by atoms with van der Waals surface area (Å²) in [6.45, 7) is 2.12. The van der Waals surface area contributed by atoms with Gasteiger partial charge in [0.2, 0.25) is 0 Å².